The highest BCUT2D eigenvalue weighted by Gasteiger charge is 2.13. The van der Waals surface area contributed by atoms with Crippen LogP contribution >= 0.6 is 0 Å². The largest absolute Gasteiger partial charge is 0.469 e. The minimum Gasteiger partial charge on any atom is -0.469 e. The number of aromatic nitrogens is 1. The molecule has 2 rings (SSSR count). The Kier molecular flexibility index (Phi) is 4.53. The molecule has 0 saturated carbocycles. The lowest BCUT2D eigenvalue weighted by atomic mass is 10.0. The van der Waals surface area contributed by atoms with E-state index in [1.165, 1.54) is 5.56 Å². The molecule has 2 heterocycles. The molecule has 0 aliphatic heterocycles. The van der Waals surface area contributed by atoms with Crippen LogP contribution in [0.15, 0.2) is 41.1 Å². The highest BCUT2D eigenvalue weighted by molar-refractivity contribution is 5.19. The van der Waals surface area contributed by atoms with Gasteiger partial charge in [0.25, 0.3) is 0 Å². The van der Waals surface area contributed by atoms with E-state index in [0.717, 1.165) is 30.8 Å². The molecule has 2 aromatic rings. The zero-order chi connectivity index (χ0) is 12.8. The molecule has 0 aliphatic carbocycles. The second kappa shape index (κ2) is 6.36. The molecule has 1 unspecified atom stereocenters. The molecule has 1 N–H and O–H groups in total. The van der Waals surface area contributed by atoms with Gasteiger partial charge in [0, 0.05) is 24.4 Å². The van der Waals surface area contributed by atoms with Crippen molar-refractivity contribution in [1.82, 2.24) is 10.3 Å². The Labute approximate surface area is 108 Å². The second-order valence-corrected chi connectivity index (χ2v) is 4.52. The van der Waals surface area contributed by atoms with Crippen LogP contribution in [0.2, 0.25) is 0 Å². The van der Waals surface area contributed by atoms with Crippen molar-refractivity contribution in [1.29, 1.82) is 0 Å². The quantitative estimate of drug-likeness (QED) is 0.847. The van der Waals surface area contributed by atoms with E-state index in [2.05, 4.69) is 29.4 Å². The van der Waals surface area contributed by atoms with E-state index in [0.29, 0.717) is 0 Å². The van der Waals surface area contributed by atoms with Crippen molar-refractivity contribution in [2.45, 2.75) is 32.7 Å². The summed E-state index contributed by atoms with van der Waals surface area (Å²) in [7, 11) is 0. The highest BCUT2D eigenvalue weighted by atomic mass is 16.3. The SMILES string of the molecule is CCCNC(Cc1ccco1)c1ccc(C)nc1. The number of aryl methyl sites for hydroxylation is 1. The number of furan rings is 1. The van der Waals surface area contributed by atoms with Crippen LogP contribution in [0.4, 0.5) is 0 Å². The number of nitrogens with zero attached hydrogens (tertiary/aromatic N) is 1. The molecule has 0 aliphatic rings. The van der Waals surface area contributed by atoms with Crippen molar-refractivity contribution in [3.63, 3.8) is 0 Å². The van der Waals surface area contributed by atoms with Crippen molar-refractivity contribution in [2.75, 3.05) is 6.54 Å². The Hall–Kier alpha value is -1.61. The van der Waals surface area contributed by atoms with Gasteiger partial charge >= 0.3 is 0 Å². The zero-order valence-electron chi connectivity index (χ0n) is 11.0. The third-order valence-electron chi connectivity index (χ3n) is 2.96. The number of hydrogen-bond donors (Lipinski definition) is 1. The molecule has 0 saturated heterocycles. The average molecular weight is 244 g/mol. The Morgan fingerprint density at radius 3 is 2.83 bits per heavy atom. The minimum atomic E-state index is 0.268. The van der Waals surface area contributed by atoms with E-state index in [9.17, 15) is 0 Å². The van der Waals surface area contributed by atoms with Crippen molar-refractivity contribution in [3.8, 4) is 0 Å². The molecule has 3 nitrogen and oxygen atoms in total. The molecule has 96 valence electrons. The van der Waals surface area contributed by atoms with Gasteiger partial charge in [0.1, 0.15) is 5.76 Å². The molecule has 0 radical (unpaired) electrons. The summed E-state index contributed by atoms with van der Waals surface area (Å²) in [5, 5.41) is 3.54. The van der Waals surface area contributed by atoms with Gasteiger partial charge in [-0.15, -0.1) is 0 Å². The van der Waals surface area contributed by atoms with Crippen LogP contribution in [-0.2, 0) is 6.42 Å². The summed E-state index contributed by atoms with van der Waals surface area (Å²) in [4.78, 5) is 4.37. The topological polar surface area (TPSA) is 38.1 Å². The first-order valence-electron chi connectivity index (χ1n) is 6.48. The summed E-state index contributed by atoms with van der Waals surface area (Å²) in [5.74, 6) is 1.00. The first-order chi connectivity index (χ1) is 8.79. The van der Waals surface area contributed by atoms with Gasteiger partial charge in [-0.2, -0.15) is 0 Å². The van der Waals surface area contributed by atoms with Gasteiger partial charge in [0.15, 0.2) is 0 Å². The highest BCUT2D eigenvalue weighted by Crippen LogP contribution is 2.18. The fourth-order valence-corrected chi connectivity index (χ4v) is 1.94. The molecule has 0 amide bonds. The van der Waals surface area contributed by atoms with Gasteiger partial charge in [-0.3, -0.25) is 4.98 Å². The van der Waals surface area contributed by atoms with Gasteiger partial charge in [0.05, 0.1) is 6.26 Å². The summed E-state index contributed by atoms with van der Waals surface area (Å²) < 4.78 is 5.43. The van der Waals surface area contributed by atoms with Crippen LogP contribution in [0.1, 0.15) is 36.4 Å². The third-order valence-corrected chi connectivity index (χ3v) is 2.96. The molecule has 1 atom stereocenters. The van der Waals surface area contributed by atoms with E-state index in [1.807, 2.05) is 25.3 Å². The van der Waals surface area contributed by atoms with Gasteiger partial charge in [-0.1, -0.05) is 13.0 Å². The van der Waals surface area contributed by atoms with E-state index in [4.69, 9.17) is 4.42 Å². The zero-order valence-corrected chi connectivity index (χ0v) is 11.0. The van der Waals surface area contributed by atoms with Crippen molar-refractivity contribution in [2.24, 2.45) is 0 Å². The number of hydrogen-bond acceptors (Lipinski definition) is 3. The second-order valence-electron chi connectivity index (χ2n) is 4.52. The molecule has 0 spiro atoms. The summed E-state index contributed by atoms with van der Waals surface area (Å²) in [6, 6.07) is 8.41. The van der Waals surface area contributed by atoms with E-state index < -0.39 is 0 Å². The van der Waals surface area contributed by atoms with Gasteiger partial charge < -0.3 is 9.73 Å². The lowest BCUT2D eigenvalue weighted by Crippen LogP contribution is -2.24. The average Bonchev–Trinajstić information content (AvgIpc) is 2.88. The van der Waals surface area contributed by atoms with Crippen molar-refractivity contribution >= 4 is 0 Å². The molecule has 3 heteroatoms. The van der Waals surface area contributed by atoms with E-state index >= 15 is 0 Å². The van der Waals surface area contributed by atoms with E-state index in [-0.39, 0.29) is 6.04 Å². The van der Waals surface area contributed by atoms with Crippen LogP contribution < -0.4 is 5.32 Å². The van der Waals surface area contributed by atoms with Gasteiger partial charge in [-0.25, -0.2) is 0 Å². The van der Waals surface area contributed by atoms with Gasteiger partial charge in [-0.05, 0) is 43.7 Å². The molecular weight excluding hydrogens is 224 g/mol. The molecule has 2 aromatic heterocycles. The Bertz CT molecular complexity index is 448. The molecule has 0 bridgehead atoms. The van der Waals surface area contributed by atoms with Crippen molar-refractivity contribution in [3.05, 3.63) is 53.7 Å². The molecule has 18 heavy (non-hydrogen) atoms. The van der Waals surface area contributed by atoms with Crippen molar-refractivity contribution < 1.29 is 4.42 Å². The number of nitrogens with one attached hydrogen (secondary N) is 1. The van der Waals surface area contributed by atoms with E-state index in [1.54, 1.807) is 6.26 Å². The normalized spacial score (nSPS) is 12.6. The molecule has 0 fully saturated rings. The minimum absolute atomic E-state index is 0.268. The molecule has 0 aromatic carbocycles. The summed E-state index contributed by atoms with van der Waals surface area (Å²) in [6.07, 6.45) is 5.65. The first-order valence-corrected chi connectivity index (χ1v) is 6.48. The predicted molar refractivity (Wildman–Crippen MR) is 72.4 cm³/mol. The maximum atomic E-state index is 5.43. The monoisotopic (exact) mass is 244 g/mol. The fraction of sp³-hybridized carbons (Fsp3) is 0.400. The smallest absolute Gasteiger partial charge is 0.105 e. The summed E-state index contributed by atoms with van der Waals surface area (Å²) in [5.41, 5.74) is 2.26. The van der Waals surface area contributed by atoms with Gasteiger partial charge in [0.2, 0.25) is 0 Å². The maximum Gasteiger partial charge on any atom is 0.105 e. The first kappa shape index (κ1) is 12.8. The number of rotatable bonds is 6. The van der Waals surface area contributed by atoms with Crippen LogP contribution in [0.5, 0.6) is 0 Å². The lowest BCUT2D eigenvalue weighted by Gasteiger charge is -2.17. The maximum absolute atomic E-state index is 5.43. The fourth-order valence-electron chi connectivity index (χ4n) is 1.94. The van der Waals surface area contributed by atoms with Crippen LogP contribution in [0.25, 0.3) is 0 Å². The lowest BCUT2D eigenvalue weighted by molar-refractivity contribution is 0.448. The summed E-state index contributed by atoms with van der Waals surface area (Å²) in [6.45, 7) is 5.17. The van der Waals surface area contributed by atoms with Crippen LogP contribution in [-0.4, -0.2) is 11.5 Å². The number of pyridine rings is 1. The van der Waals surface area contributed by atoms with Crippen LogP contribution in [0.3, 0.4) is 0 Å². The summed E-state index contributed by atoms with van der Waals surface area (Å²) >= 11 is 0. The Morgan fingerprint density at radius 1 is 1.33 bits per heavy atom. The Balaban J connectivity index is 2.11. The predicted octanol–water partition coefficient (Wildman–Crippen LogP) is 3.27. The third kappa shape index (κ3) is 3.44. The Morgan fingerprint density at radius 2 is 2.22 bits per heavy atom. The van der Waals surface area contributed by atoms with Crippen LogP contribution in [0, 0.1) is 6.92 Å². The molecular formula is C15H20N2O. The standard InChI is InChI=1S/C15H20N2O/c1-3-8-16-15(10-14-5-4-9-18-14)13-7-6-12(2)17-11-13/h4-7,9,11,15-16H,3,8,10H2,1-2H3.